The van der Waals surface area contributed by atoms with Crippen molar-refractivity contribution in [2.75, 3.05) is 11.9 Å². The molecule has 0 aromatic carbocycles. The molecule has 0 fully saturated rings. The minimum absolute atomic E-state index is 0.128. The zero-order chi connectivity index (χ0) is 14.3. The fraction of sp³-hybridized carbons (Fsp3) is 0.462. The molecule has 0 spiro atoms. The van der Waals surface area contributed by atoms with Crippen LogP contribution in [0.15, 0.2) is 18.3 Å². The van der Waals surface area contributed by atoms with Crippen molar-refractivity contribution < 1.29 is 14.7 Å². The van der Waals surface area contributed by atoms with Crippen molar-refractivity contribution >= 4 is 17.6 Å². The van der Waals surface area contributed by atoms with Crippen LogP contribution in [0.25, 0.3) is 0 Å². The lowest BCUT2D eigenvalue weighted by Gasteiger charge is -2.13. The van der Waals surface area contributed by atoms with Crippen LogP contribution < -0.4 is 11.1 Å². The molecule has 0 aliphatic heterocycles. The summed E-state index contributed by atoms with van der Waals surface area (Å²) < 4.78 is 0. The van der Waals surface area contributed by atoms with Gasteiger partial charge in [0, 0.05) is 6.54 Å². The highest BCUT2D eigenvalue weighted by Gasteiger charge is 2.15. The molecule has 1 rings (SSSR count). The Kier molecular flexibility index (Phi) is 5.95. The van der Waals surface area contributed by atoms with E-state index in [9.17, 15) is 9.59 Å². The Hall–Kier alpha value is -1.95. The van der Waals surface area contributed by atoms with E-state index in [2.05, 4.69) is 10.3 Å². The van der Waals surface area contributed by atoms with Crippen molar-refractivity contribution in [3.63, 3.8) is 0 Å². The maximum absolute atomic E-state index is 11.9. The van der Waals surface area contributed by atoms with Crippen molar-refractivity contribution in [1.82, 2.24) is 4.98 Å². The van der Waals surface area contributed by atoms with E-state index < -0.39 is 5.97 Å². The van der Waals surface area contributed by atoms with Crippen LogP contribution in [0.2, 0.25) is 0 Å². The molecule has 1 aromatic rings. The molecule has 4 N–H and O–H groups in total. The summed E-state index contributed by atoms with van der Waals surface area (Å²) in [7, 11) is 0. The largest absolute Gasteiger partial charge is 0.481 e. The number of carbonyl (C=O) groups excluding carboxylic acids is 1. The third kappa shape index (κ3) is 5.05. The molecular weight excluding hydrogens is 246 g/mol. The number of nitrogens with two attached hydrogens (primary N) is 1. The van der Waals surface area contributed by atoms with Crippen LogP contribution in [0, 0.1) is 5.92 Å². The maximum Gasteiger partial charge on any atom is 0.309 e. The Balaban J connectivity index is 2.61. The molecule has 19 heavy (non-hydrogen) atoms. The number of hydrogen-bond donors (Lipinski definition) is 3. The zero-order valence-electron chi connectivity index (χ0n) is 10.9. The topological polar surface area (TPSA) is 105 Å². The number of nitrogens with zero attached hydrogens (tertiary/aromatic N) is 1. The van der Waals surface area contributed by atoms with Gasteiger partial charge in [-0.3, -0.25) is 14.6 Å². The van der Waals surface area contributed by atoms with Crippen molar-refractivity contribution in [2.24, 2.45) is 11.7 Å². The second-order valence-electron chi connectivity index (χ2n) is 4.32. The molecule has 1 aromatic heterocycles. The van der Waals surface area contributed by atoms with E-state index in [0.29, 0.717) is 17.9 Å². The number of rotatable bonds is 7. The highest BCUT2D eigenvalue weighted by Crippen LogP contribution is 2.11. The summed E-state index contributed by atoms with van der Waals surface area (Å²) in [5.74, 6) is -1.27. The van der Waals surface area contributed by atoms with Crippen molar-refractivity contribution in [3.05, 3.63) is 24.0 Å². The predicted molar refractivity (Wildman–Crippen MR) is 71.7 cm³/mol. The molecule has 1 heterocycles. The number of aliphatic carboxylic acids is 1. The standard InChI is InChI=1S/C13H19N3O3/c1-2-3-9(7-14)13(19)16-11-5-4-10(15-8-11)6-12(17)18/h4-5,8-9H,2-3,6-7,14H2,1H3,(H,16,19)(H,17,18). The van der Waals surface area contributed by atoms with Crippen LogP contribution >= 0.6 is 0 Å². The molecule has 0 bridgehead atoms. The first-order valence-corrected chi connectivity index (χ1v) is 6.24. The van der Waals surface area contributed by atoms with Crippen LogP contribution in [0.1, 0.15) is 25.5 Å². The van der Waals surface area contributed by atoms with Gasteiger partial charge in [0.25, 0.3) is 0 Å². The lowest BCUT2D eigenvalue weighted by atomic mass is 10.0. The van der Waals surface area contributed by atoms with Gasteiger partial charge >= 0.3 is 5.97 Å². The molecule has 0 aliphatic rings. The lowest BCUT2D eigenvalue weighted by molar-refractivity contribution is -0.136. The molecule has 1 unspecified atom stereocenters. The monoisotopic (exact) mass is 265 g/mol. The summed E-state index contributed by atoms with van der Waals surface area (Å²) in [6.45, 7) is 2.31. The molecular formula is C13H19N3O3. The average molecular weight is 265 g/mol. The first-order chi connectivity index (χ1) is 9.06. The third-order valence-electron chi connectivity index (χ3n) is 2.72. The van der Waals surface area contributed by atoms with E-state index in [1.54, 1.807) is 12.1 Å². The Bertz CT molecular complexity index is 431. The first kappa shape index (κ1) is 15.1. The van der Waals surface area contributed by atoms with E-state index in [1.165, 1.54) is 6.20 Å². The van der Waals surface area contributed by atoms with Gasteiger partial charge in [-0.15, -0.1) is 0 Å². The number of nitrogens with one attached hydrogen (secondary N) is 1. The summed E-state index contributed by atoms with van der Waals surface area (Å²) in [4.78, 5) is 26.4. The fourth-order valence-corrected chi connectivity index (χ4v) is 1.71. The predicted octanol–water partition coefficient (Wildman–Crippen LogP) is 1.02. The Morgan fingerprint density at radius 1 is 1.47 bits per heavy atom. The normalized spacial score (nSPS) is 11.9. The average Bonchev–Trinajstić information content (AvgIpc) is 2.37. The van der Waals surface area contributed by atoms with Gasteiger partial charge in [-0.1, -0.05) is 13.3 Å². The molecule has 0 saturated heterocycles. The minimum atomic E-state index is -0.935. The number of pyridine rings is 1. The third-order valence-corrected chi connectivity index (χ3v) is 2.72. The number of carboxylic acids is 1. The second kappa shape index (κ2) is 7.48. The summed E-state index contributed by atoms with van der Waals surface area (Å²) >= 11 is 0. The van der Waals surface area contributed by atoms with E-state index in [4.69, 9.17) is 10.8 Å². The van der Waals surface area contributed by atoms with Crippen LogP contribution in [-0.2, 0) is 16.0 Å². The van der Waals surface area contributed by atoms with Gasteiger partial charge in [0.05, 0.1) is 29.9 Å². The van der Waals surface area contributed by atoms with Crippen molar-refractivity contribution in [3.8, 4) is 0 Å². The van der Waals surface area contributed by atoms with Crippen LogP contribution in [0.5, 0.6) is 0 Å². The Morgan fingerprint density at radius 2 is 2.21 bits per heavy atom. The lowest BCUT2D eigenvalue weighted by Crippen LogP contribution is -2.29. The molecule has 1 amide bonds. The van der Waals surface area contributed by atoms with Gasteiger partial charge in [-0.05, 0) is 18.6 Å². The summed E-state index contributed by atoms with van der Waals surface area (Å²) in [5.41, 5.74) is 6.55. The Morgan fingerprint density at radius 3 is 2.68 bits per heavy atom. The summed E-state index contributed by atoms with van der Waals surface area (Å²) in [6, 6.07) is 3.23. The number of hydrogen-bond acceptors (Lipinski definition) is 4. The van der Waals surface area contributed by atoms with Gasteiger partial charge < -0.3 is 16.2 Å². The van der Waals surface area contributed by atoms with Gasteiger partial charge in [-0.2, -0.15) is 0 Å². The molecule has 0 saturated carbocycles. The van der Waals surface area contributed by atoms with E-state index >= 15 is 0 Å². The number of amides is 1. The van der Waals surface area contributed by atoms with Crippen LogP contribution in [-0.4, -0.2) is 28.5 Å². The van der Waals surface area contributed by atoms with Crippen LogP contribution in [0.3, 0.4) is 0 Å². The van der Waals surface area contributed by atoms with Gasteiger partial charge in [-0.25, -0.2) is 0 Å². The number of carboxylic acid groups (broad SMARTS) is 1. The minimum Gasteiger partial charge on any atom is -0.481 e. The second-order valence-corrected chi connectivity index (χ2v) is 4.32. The first-order valence-electron chi connectivity index (χ1n) is 6.24. The summed E-state index contributed by atoms with van der Waals surface area (Å²) in [6.07, 6.45) is 2.96. The van der Waals surface area contributed by atoms with Gasteiger partial charge in [0.2, 0.25) is 5.91 Å². The zero-order valence-corrected chi connectivity index (χ0v) is 10.9. The summed E-state index contributed by atoms with van der Waals surface area (Å²) in [5, 5.41) is 11.4. The molecule has 104 valence electrons. The van der Waals surface area contributed by atoms with Gasteiger partial charge in [0.1, 0.15) is 0 Å². The van der Waals surface area contributed by atoms with Crippen molar-refractivity contribution in [2.45, 2.75) is 26.2 Å². The van der Waals surface area contributed by atoms with Gasteiger partial charge in [0.15, 0.2) is 0 Å². The number of anilines is 1. The number of aromatic nitrogens is 1. The highest BCUT2D eigenvalue weighted by molar-refractivity contribution is 5.92. The fourth-order valence-electron chi connectivity index (χ4n) is 1.71. The van der Waals surface area contributed by atoms with Crippen LogP contribution in [0.4, 0.5) is 5.69 Å². The van der Waals surface area contributed by atoms with E-state index in [0.717, 1.165) is 12.8 Å². The Labute approximate surface area is 112 Å². The molecule has 1 atom stereocenters. The quantitative estimate of drug-likeness (QED) is 0.682. The molecule has 6 nitrogen and oxygen atoms in total. The number of carbonyl (C=O) groups is 2. The molecule has 0 aliphatic carbocycles. The van der Waals surface area contributed by atoms with Crippen molar-refractivity contribution in [1.29, 1.82) is 0 Å². The SMILES string of the molecule is CCCC(CN)C(=O)Nc1ccc(CC(=O)O)nc1. The highest BCUT2D eigenvalue weighted by atomic mass is 16.4. The molecule has 6 heteroatoms. The smallest absolute Gasteiger partial charge is 0.309 e. The van der Waals surface area contributed by atoms with E-state index in [-0.39, 0.29) is 18.2 Å². The molecule has 0 radical (unpaired) electrons. The maximum atomic E-state index is 11.9. The van der Waals surface area contributed by atoms with E-state index in [1.807, 2.05) is 6.92 Å².